The molecule has 1 atom stereocenters. The number of hydrogen-bond donors (Lipinski definition) is 1. The highest BCUT2D eigenvalue weighted by Crippen LogP contribution is 2.23. The van der Waals surface area contributed by atoms with Gasteiger partial charge >= 0.3 is 0 Å². The lowest BCUT2D eigenvalue weighted by molar-refractivity contribution is 0.102. The predicted octanol–water partition coefficient (Wildman–Crippen LogP) is 1.81. The molecule has 0 radical (unpaired) electrons. The number of anilines is 1. The van der Waals surface area contributed by atoms with Gasteiger partial charge in [0.2, 0.25) is 5.13 Å². The summed E-state index contributed by atoms with van der Waals surface area (Å²) in [6.45, 7) is 5.40. The van der Waals surface area contributed by atoms with Gasteiger partial charge in [-0.1, -0.05) is 11.3 Å². The van der Waals surface area contributed by atoms with Gasteiger partial charge in [0.15, 0.2) is 0 Å². The average molecular weight is 322 g/mol. The standard InChI is InChI=1S/C14H18N4O3S/c1-7-6-8(2)18(4)13(20)10(7)11(19)15-14-17-16-12(22-14)9(3)21-5/h6,9H,1-5H3,(H,15,17,19). The van der Waals surface area contributed by atoms with Gasteiger partial charge in [-0.3, -0.25) is 14.9 Å². The molecule has 1 amide bonds. The Bertz CT molecular complexity index is 766. The van der Waals surface area contributed by atoms with E-state index < -0.39 is 5.91 Å². The minimum Gasteiger partial charge on any atom is -0.374 e. The fourth-order valence-electron chi connectivity index (χ4n) is 1.96. The second-order valence-electron chi connectivity index (χ2n) is 4.99. The molecule has 1 unspecified atom stereocenters. The van der Waals surface area contributed by atoms with Crippen molar-refractivity contribution in [3.63, 3.8) is 0 Å². The van der Waals surface area contributed by atoms with Crippen molar-refractivity contribution in [1.82, 2.24) is 14.8 Å². The summed E-state index contributed by atoms with van der Waals surface area (Å²) in [6, 6.07) is 1.80. The average Bonchev–Trinajstić information content (AvgIpc) is 2.92. The lowest BCUT2D eigenvalue weighted by Gasteiger charge is -2.09. The van der Waals surface area contributed by atoms with Crippen LogP contribution in [0.5, 0.6) is 0 Å². The normalized spacial score (nSPS) is 12.2. The van der Waals surface area contributed by atoms with E-state index in [0.29, 0.717) is 15.7 Å². The molecule has 2 aromatic rings. The molecular weight excluding hydrogens is 304 g/mol. The molecule has 0 saturated heterocycles. The molecule has 7 nitrogen and oxygen atoms in total. The summed E-state index contributed by atoms with van der Waals surface area (Å²) in [6.07, 6.45) is -0.197. The van der Waals surface area contributed by atoms with Gasteiger partial charge in [-0.05, 0) is 32.4 Å². The number of carbonyl (C=O) groups excluding carboxylic acids is 1. The number of aryl methyl sites for hydroxylation is 2. The van der Waals surface area contributed by atoms with Gasteiger partial charge in [-0.2, -0.15) is 0 Å². The molecule has 22 heavy (non-hydrogen) atoms. The van der Waals surface area contributed by atoms with E-state index in [4.69, 9.17) is 4.74 Å². The molecule has 0 aliphatic heterocycles. The minimum atomic E-state index is -0.481. The highest BCUT2D eigenvalue weighted by Gasteiger charge is 2.19. The number of rotatable bonds is 4. The molecule has 0 aliphatic rings. The maximum atomic E-state index is 12.4. The molecule has 8 heteroatoms. The summed E-state index contributed by atoms with van der Waals surface area (Å²) in [5, 5.41) is 11.5. The molecule has 2 aromatic heterocycles. The largest absolute Gasteiger partial charge is 0.374 e. The van der Waals surface area contributed by atoms with Crippen molar-refractivity contribution >= 4 is 22.4 Å². The minimum absolute atomic E-state index is 0.115. The highest BCUT2D eigenvalue weighted by molar-refractivity contribution is 7.15. The Morgan fingerprint density at radius 2 is 2.09 bits per heavy atom. The third-order valence-corrected chi connectivity index (χ3v) is 4.46. The van der Waals surface area contributed by atoms with Crippen LogP contribution >= 0.6 is 11.3 Å². The van der Waals surface area contributed by atoms with Crippen LogP contribution in [-0.2, 0) is 11.8 Å². The molecule has 0 fully saturated rings. The number of nitrogens with zero attached hydrogens (tertiary/aromatic N) is 3. The zero-order valence-electron chi connectivity index (χ0n) is 13.1. The van der Waals surface area contributed by atoms with E-state index in [1.165, 1.54) is 15.9 Å². The van der Waals surface area contributed by atoms with Gasteiger partial charge in [-0.15, -0.1) is 10.2 Å². The fraction of sp³-hybridized carbons (Fsp3) is 0.429. The molecule has 0 aliphatic carbocycles. The van der Waals surface area contributed by atoms with Crippen LogP contribution < -0.4 is 10.9 Å². The quantitative estimate of drug-likeness (QED) is 0.928. The SMILES string of the molecule is COC(C)c1nnc(NC(=O)c2c(C)cc(C)n(C)c2=O)s1. The van der Waals surface area contributed by atoms with Crippen molar-refractivity contribution in [2.45, 2.75) is 26.9 Å². The summed E-state index contributed by atoms with van der Waals surface area (Å²) in [4.78, 5) is 24.6. The number of methoxy groups -OCH3 is 1. The van der Waals surface area contributed by atoms with E-state index in [1.54, 1.807) is 27.1 Å². The Morgan fingerprint density at radius 1 is 1.41 bits per heavy atom. The molecule has 1 N–H and O–H groups in total. The van der Waals surface area contributed by atoms with E-state index in [9.17, 15) is 9.59 Å². The van der Waals surface area contributed by atoms with E-state index in [0.717, 1.165) is 5.69 Å². The molecule has 118 valence electrons. The van der Waals surface area contributed by atoms with Crippen LogP contribution in [0.2, 0.25) is 0 Å². The van der Waals surface area contributed by atoms with E-state index in [2.05, 4.69) is 15.5 Å². The summed E-state index contributed by atoms with van der Waals surface area (Å²) in [5.41, 5.74) is 1.22. The maximum absolute atomic E-state index is 12.4. The third kappa shape index (κ3) is 3.07. The third-order valence-electron chi connectivity index (χ3n) is 3.46. The van der Waals surface area contributed by atoms with E-state index in [1.807, 2.05) is 13.8 Å². The Balaban J connectivity index is 2.29. The molecule has 2 rings (SSSR count). The van der Waals surface area contributed by atoms with Crippen LogP contribution in [0.3, 0.4) is 0 Å². The second kappa shape index (κ2) is 6.37. The zero-order valence-corrected chi connectivity index (χ0v) is 13.9. The Kier molecular flexibility index (Phi) is 4.72. The first-order valence-electron chi connectivity index (χ1n) is 6.70. The van der Waals surface area contributed by atoms with E-state index >= 15 is 0 Å². The fourth-order valence-corrected chi connectivity index (χ4v) is 2.73. The molecule has 2 heterocycles. The summed E-state index contributed by atoms with van der Waals surface area (Å²) < 4.78 is 6.59. The Hall–Kier alpha value is -2.06. The van der Waals surface area contributed by atoms with Crippen LogP contribution in [0.1, 0.15) is 39.7 Å². The second-order valence-corrected chi connectivity index (χ2v) is 5.99. The summed E-state index contributed by atoms with van der Waals surface area (Å²) in [5.74, 6) is -0.481. The van der Waals surface area contributed by atoms with Crippen molar-refractivity contribution in [2.75, 3.05) is 12.4 Å². The molecule has 0 aromatic carbocycles. The van der Waals surface area contributed by atoms with Crippen molar-refractivity contribution in [1.29, 1.82) is 0 Å². The van der Waals surface area contributed by atoms with Crippen LogP contribution in [-0.4, -0.2) is 27.8 Å². The smallest absolute Gasteiger partial charge is 0.263 e. The Labute approximate surface area is 132 Å². The molecule has 0 spiro atoms. The lowest BCUT2D eigenvalue weighted by Crippen LogP contribution is -2.30. The zero-order chi connectivity index (χ0) is 16.4. The first-order valence-corrected chi connectivity index (χ1v) is 7.51. The van der Waals surface area contributed by atoms with Crippen LogP contribution in [0.15, 0.2) is 10.9 Å². The van der Waals surface area contributed by atoms with Crippen LogP contribution in [0.25, 0.3) is 0 Å². The van der Waals surface area contributed by atoms with Crippen molar-refractivity contribution in [3.8, 4) is 0 Å². The molecule has 0 saturated carbocycles. The Morgan fingerprint density at radius 3 is 2.73 bits per heavy atom. The lowest BCUT2D eigenvalue weighted by atomic mass is 10.1. The molecule has 0 bridgehead atoms. The number of amides is 1. The van der Waals surface area contributed by atoms with Crippen molar-refractivity contribution in [2.24, 2.45) is 7.05 Å². The van der Waals surface area contributed by atoms with Gasteiger partial charge < -0.3 is 9.30 Å². The van der Waals surface area contributed by atoms with Gasteiger partial charge in [0.25, 0.3) is 11.5 Å². The molecular formula is C14H18N4O3S. The number of aromatic nitrogens is 3. The van der Waals surface area contributed by atoms with Gasteiger partial charge in [0.1, 0.15) is 16.7 Å². The number of ether oxygens (including phenoxy) is 1. The predicted molar refractivity (Wildman–Crippen MR) is 84.4 cm³/mol. The number of carbonyl (C=O) groups is 1. The first-order chi connectivity index (χ1) is 10.3. The maximum Gasteiger partial charge on any atom is 0.263 e. The number of nitrogens with one attached hydrogen (secondary N) is 1. The van der Waals surface area contributed by atoms with E-state index in [-0.39, 0.29) is 17.2 Å². The highest BCUT2D eigenvalue weighted by atomic mass is 32.1. The monoisotopic (exact) mass is 322 g/mol. The number of pyridine rings is 1. The topological polar surface area (TPSA) is 86.1 Å². The van der Waals surface area contributed by atoms with Crippen LogP contribution in [0.4, 0.5) is 5.13 Å². The van der Waals surface area contributed by atoms with Crippen LogP contribution in [0, 0.1) is 13.8 Å². The van der Waals surface area contributed by atoms with Crippen molar-refractivity contribution < 1.29 is 9.53 Å². The van der Waals surface area contributed by atoms with Gasteiger partial charge in [-0.25, -0.2) is 0 Å². The van der Waals surface area contributed by atoms with Gasteiger partial charge in [0, 0.05) is 19.9 Å². The van der Waals surface area contributed by atoms with Crippen molar-refractivity contribution in [3.05, 3.63) is 38.2 Å². The summed E-state index contributed by atoms with van der Waals surface area (Å²) in [7, 11) is 3.21. The number of hydrogen-bond acceptors (Lipinski definition) is 6. The summed E-state index contributed by atoms with van der Waals surface area (Å²) >= 11 is 1.22. The van der Waals surface area contributed by atoms with Gasteiger partial charge in [0.05, 0.1) is 0 Å². The first kappa shape index (κ1) is 16.3.